The number of fused-ring (bicyclic) bond motifs is 8. The number of carbonyl (C=O) groups is 1. The van der Waals surface area contributed by atoms with Crippen LogP contribution >= 0.6 is 0 Å². The van der Waals surface area contributed by atoms with E-state index >= 15 is 0 Å². The number of benzene rings is 1. The Hall–Kier alpha value is -2.41. The third kappa shape index (κ3) is 4.87. The molecule has 1 aromatic carbocycles. The summed E-state index contributed by atoms with van der Waals surface area (Å²) in [5.41, 5.74) is -0.0698. The van der Waals surface area contributed by atoms with E-state index in [9.17, 15) is 14.4 Å². The summed E-state index contributed by atoms with van der Waals surface area (Å²) >= 11 is 0. The Morgan fingerprint density at radius 2 is 1.61 bits per heavy atom. The van der Waals surface area contributed by atoms with Crippen molar-refractivity contribution >= 4 is 16.9 Å². The van der Waals surface area contributed by atoms with Gasteiger partial charge in [0.2, 0.25) is 0 Å². The van der Waals surface area contributed by atoms with Crippen molar-refractivity contribution in [3.63, 3.8) is 0 Å². The third-order valence-corrected chi connectivity index (χ3v) is 10.2. The highest BCUT2D eigenvalue weighted by Gasteiger charge is 2.44. The zero-order valence-corrected chi connectivity index (χ0v) is 22.9. The average Bonchev–Trinajstić information content (AvgIpc) is 3.06. The minimum atomic E-state index is -0.450. The second-order valence-electron chi connectivity index (χ2n) is 12.4. The molecule has 7 rings (SSSR count). The van der Waals surface area contributed by atoms with Crippen LogP contribution < -0.4 is 11.2 Å². The molecule has 1 aromatic heterocycles. The van der Waals surface area contributed by atoms with Gasteiger partial charge in [0.25, 0.3) is 5.56 Å². The van der Waals surface area contributed by atoms with Crippen molar-refractivity contribution < 1.29 is 9.53 Å². The molecule has 0 radical (unpaired) electrons. The largest absolute Gasteiger partial charge is 0.465 e. The normalized spacial score (nSPS) is 31.9. The van der Waals surface area contributed by atoms with Crippen LogP contribution in [0.3, 0.4) is 0 Å². The van der Waals surface area contributed by atoms with E-state index in [4.69, 9.17) is 4.74 Å². The van der Waals surface area contributed by atoms with Crippen LogP contribution in [0.25, 0.3) is 10.9 Å². The zero-order chi connectivity index (χ0) is 26.2. The predicted molar refractivity (Wildman–Crippen MR) is 148 cm³/mol. The molecule has 0 amide bonds. The van der Waals surface area contributed by atoms with Gasteiger partial charge in [-0.2, -0.15) is 0 Å². The lowest BCUT2D eigenvalue weighted by molar-refractivity contribution is -0.143. The van der Waals surface area contributed by atoms with E-state index in [-0.39, 0.29) is 36.4 Å². The van der Waals surface area contributed by atoms with Gasteiger partial charge in [-0.25, -0.2) is 4.79 Å². The number of aromatic nitrogens is 2. The van der Waals surface area contributed by atoms with Gasteiger partial charge in [-0.05, 0) is 75.3 Å². The van der Waals surface area contributed by atoms with Crippen LogP contribution in [0.2, 0.25) is 0 Å². The Bertz CT molecular complexity index is 1270. The van der Waals surface area contributed by atoms with Crippen LogP contribution in [-0.4, -0.2) is 45.2 Å². The predicted octanol–water partition coefficient (Wildman–Crippen LogP) is 4.89. The van der Waals surface area contributed by atoms with Crippen molar-refractivity contribution in [2.24, 2.45) is 17.8 Å². The molecular weight excluding hydrogens is 478 g/mol. The summed E-state index contributed by atoms with van der Waals surface area (Å²) < 4.78 is 8.17. The SMILES string of the molecule is CCOC(=O)Cn1c(=O)n(C2C[C@H]3CCCCC2CN3C2C[C@H]3CCCC[C@@H](C2)C3)c(=O)c2ccccc21. The number of esters is 1. The molecule has 7 heteroatoms. The van der Waals surface area contributed by atoms with E-state index in [0.29, 0.717) is 23.0 Å². The maximum absolute atomic E-state index is 14.0. The molecule has 4 bridgehead atoms. The molecule has 3 saturated carbocycles. The summed E-state index contributed by atoms with van der Waals surface area (Å²) in [7, 11) is 0. The molecule has 5 aliphatic rings. The van der Waals surface area contributed by atoms with Crippen LogP contribution in [0.15, 0.2) is 33.9 Å². The van der Waals surface area contributed by atoms with E-state index in [1.54, 1.807) is 19.1 Å². The highest BCUT2D eigenvalue weighted by Crippen LogP contribution is 2.45. The van der Waals surface area contributed by atoms with Gasteiger partial charge < -0.3 is 4.74 Å². The van der Waals surface area contributed by atoms with Crippen molar-refractivity contribution in [1.82, 2.24) is 14.0 Å². The van der Waals surface area contributed by atoms with Crippen LogP contribution in [0.5, 0.6) is 0 Å². The molecule has 3 aliphatic carbocycles. The second-order valence-corrected chi connectivity index (χ2v) is 12.4. The minimum Gasteiger partial charge on any atom is -0.465 e. The molecule has 2 saturated heterocycles. The van der Waals surface area contributed by atoms with Gasteiger partial charge in [0.1, 0.15) is 6.54 Å². The van der Waals surface area contributed by atoms with Crippen molar-refractivity contribution in [2.75, 3.05) is 13.2 Å². The van der Waals surface area contributed by atoms with Crippen molar-refractivity contribution in [3.8, 4) is 0 Å². The van der Waals surface area contributed by atoms with Crippen LogP contribution in [0.1, 0.15) is 90.0 Å². The van der Waals surface area contributed by atoms with Gasteiger partial charge in [-0.1, -0.05) is 50.7 Å². The molecule has 2 aromatic rings. The van der Waals surface area contributed by atoms with E-state index in [1.165, 1.54) is 60.5 Å². The van der Waals surface area contributed by atoms with Gasteiger partial charge in [-0.15, -0.1) is 0 Å². The van der Waals surface area contributed by atoms with Crippen LogP contribution in [-0.2, 0) is 16.1 Å². The summed E-state index contributed by atoms with van der Waals surface area (Å²) in [5.74, 6) is 1.57. The highest BCUT2D eigenvalue weighted by molar-refractivity contribution is 5.80. The maximum Gasteiger partial charge on any atom is 0.332 e. The highest BCUT2D eigenvalue weighted by atomic mass is 16.5. The summed E-state index contributed by atoms with van der Waals surface area (Å²) in [6.45, 7) is 2.83. The Morgan fingerprint density at radius 3 is 2.37 bits per heavy atom. The zero-order valence-electron chi connectivity index (χ0n) is 22.9. The first-order chi connectivity index (χ1) is 18.5. The van der Waals surface area contributed by atoms with E-state index in [0.717, 1.165) is 44.1 Å². The fourth-order valence-electron chi connectivity index (χ4n) is 8.52. The standard InChI is InChI=1S/C31H43N3O4/c1-2-38-29(35)20-33-27-14-8-7-13-26(27)30(36)34(31(33)37)28-18-24-12-6-5-11-23(28)19-32(24)25-16-21-9-3-4-10-22(15-21)17-25/h7-8,13-14,21-25,28H,2-6,9-12,15-20H2,1H3/t21-,22+,23?,24-,25?,28?/m1/s1. The van der Waals surface area contributed by atoms with E-state index in [2.05, 4.69) is 4.90 Å². The molecule has 206 valence electrons. The monoisotopic (exact) mass is 521 g/mol. The summed E-state index contributed by atoms with van der Waals surface area (Å²) in [6.07, 6.45) is 15.1. The molecule has 2 aliphatic heterocycles. The molecule has 5 fully saturated rings. The Labute approximate surface area is 225 Å². The smallest absolute Gasteiger partial charge is 0.332 e. The Balaban J connectivity index is 1.36. The van der Waals surface area contributed by atoms with E-state index < -0.39 is 5.97 Å². The summed E-state index contributed by atoms with van der Waals surface area (Å²) in [5, 5.41) is 0.502. The average molecular weight is 522 g/mol. The molecule has 6 atom stereocenters. The molecule has 0 N–H and O–H groups in total. The van der Waals surface area contributed by atoms with Crippen LogP contribution in [0, 0.1) is 17.8 Å². The lowest BCUT2D eigenvalue weighted by Crippen LogP contribution is -2.57. The van der Waals surface area contributed by atoms with Crippen molar-refractivity contribution in [2.45, 2.75) is 109 Å². The van der Waals surface area contributed by atoms with Gasteiger partial charge >= 0.3 is 11.7 Å². The number of hydrogen-bond acceptors (Lipinski definition) is 5. The van der Waals surface area contributed by atoms with Gasteiger partial charge in [0.05, 0.1) is 17.5 Å². The van der Waals surface area contributed by atoms with Crippen LogP contribution in [0.4, 0.5) is 0 Å². The van der Waals surface area contributed by atoms with Gasteiger partial charge in [-0.3, -0.25) is 23.6 Å². The molecule has 7 nitrogen and oxygen atoms in total. The first kappa shape index (κ1) is 25.8. The molecular formula is C31H43N3O4. The molecule has 3 unspecified atom stereocenters. The topological polar surface area (TPSA) is 73.5 Å². The number of piperidine rings is 1. The maximum atomic E-state index is 14.0. The lowest BCUT2D eigenvalue weighted by atomic mass is 9.73. The Morgan fingerprint density at radius 1 is 0.895 bits per heavy atom. The fraction of sp³-hybridized carbons (Fsp3) is 0.710. The number of hydrogen-bond donors (Lipinski definition) is 0. The first-order valence-electron chi connectivity index (χ1n) is 15.2. The van der Waals surface area contributed by atoms with E-state index in [1.807, 2.05) is 12.1 Å². The molecule has 0 spiro atoms. The minimum absolute atomic E-state index is 0.125. The lowest BCUT2D eigenvalue weighted by Gasteiger charge is -2.51. The number of carbonyl (C=O) groups excluding carboxylic acids is 1. The fourth-order valence-corrected chi connectivity index (χ4v) is 8.52. The molecule has 3 heterocycles. The Kier molecular flexibility index (Phi) is 7.48. The van der Waals surface area contributed by atoms with Crippen molar-refractivity contribution in [3.05, 3.63) is 45.1 Å². The first-order valence-corrected chi connectivity index (χ1v) is 15.2. The van der Waals surface area contributed by atoms with Gasteiger partial charge in [0, 0.05) is 24.7 Å². The number of rotatable bonds is 5. The number of nitrogens with zero attached hydrogens (tertiary/aromatic N) is 3. The van der Waals surface area contributed by atoms with Gasteiger partial charge in [0.15, 0.2) is 0 Å². The summed E-state index contributed by atoms with van der Waals surface area (Å²) in [4.78, 5) is 43.1. The summed E-state index contributed by atoms with van der Waals surface area (Å²) in [6, 6.07) is 8.13. The van der Waals surface area contributed by atoms with Crippen molar-refractivity contribution in [1.29, 1.82) is 0 Å². The molecule has 38 heavy (non-hydrogen) atoms. The second kappa shape index (κ2) is 11.0. The number of para-hydroxylation sites is 1. The quantitative estimate of drug-likeness (QED) is 0.524. The number of ether oxygens (including phenoxy) is 1. The third-order valence-electron chi connectivity index (χ3n) is 10.2.